The minimum atomic E-state index is -4.84. The molecule has 8 heteroatoms. The lowest BCUT2D eigenvalue weighted by atomic mass is 10.1. The highest BCUT2D eigenvalue weighted by molar-refractivity contribution is 5.82. The Morgan fingerprint density at radius 1 is 1.41 bits per heavy atom. The van der Waals surface area contributed by atoms with Gasteiger partial charge in [0, 0.05) is 6.20 Å². The molecule has 0 aliphatic heterocycles. The number of ether oxygens (including phenoxy) is 1. The van der Waals surface area contributed by atoms with E-state index in [1.807, 2.05) is 0 Å². The number of rotatable bonds is 3. The molecule has 0 fully saturated rings. The Morgan fingerprint density at radius 2 is 2.00 bits per heavy atom. The van der Waals surface area contributed by atoms with Gasteiger partial charge in [-0.05, 0) is 0 Å². The van der Waals surface area contributed by atoms with E-state index in [0.717, 1.165) is 7.11 Å². The molecule has 17 heavy (non-hydrogen) atoms. The zero-order valence-electron chi connectivity index (χ0n) is 8.39. The molecule has 0 unspecified atom stereocenters. The summed E-state index contributed by atoms with van der Waals surface area (Å²) in [4.78, 5) is 13.5. The van der Waals surface area contributed by atoms with Crippen LogP contribution in [0, 0.1) is 0 Å². The van der Waals surface area contributed by atoms with Gasteiger partial charge in [-0.15, -0.1) is 0 Å². The van der Waals surface area contributed by atoms with Crippen molar-refractivity contribution in [3.63, 3.8) is 0 Å². The summed E-state index contributed by atoms with van der Waals surface area (Å²) in [6.07, 6.45) is -7.92. The molecule has 0 bridgehead atoms. The summed E-state index contributed by atoms with van der Waals surface area (Å²) in [5, 5.41) is 0. The van der Waals surface area contributed by atoms with Crippen molar-refractivity contribution in [3.05, 3.63) is 23.0 Å². The van der Waals surface area contributed by atoms with Crippen molar-refractivity contribution in [2.75, 3.05) is 7.11 Å². The molecule has 3 nitrogen and oxygen atoms in total. The van der Waals surface area contributed by atoms with Gasteiger partial charge >= 0.3 is 6.18 Å². The lowest BCUT2D eigenvalue weighted by Gasteiger charge is -2.14. The summed E-state index contributed by atoms with van der Waals surface area (Å²) in [6, 6.07) is 0. The molecule has 0 spiro atoms. The minimum absolute atomic E-state index is 0.136. The molecule has 0 aromatic carbocycles. The molecule has 0 amide bonds. The van der Waals surface area contributed by atoms with Gasteiger partial charge in [-0.2, -0.15) is 13.2 Å². The van der Waals surface area contributed by atoms with Crippen LogP contribution in [0.3, 0.4) is 0 Å². The third-order valence-electron chi connectivity index (χ3n) is 1.93. The molecule has 0 N–H and O–H groups in total. The third kappa shape index (κ3) is 2.51. The van der Waals surface area contributed by atoms with Gasteiger partial charge in [-0.25, -0.2) is 8.78 Å². The summed E-state index contributed by atoms with van der Waals surface area (Å²) < 4.78 is 66.5. The van der Waals surface area contributed by atoms with Crippen molar-refractivity contribution in [1.82, 2.24) is 4.98 Å². The zero-order valence-corrected chi connectivity index (χ0v) is 8.39. The predicted molar refractivity (Wildman–Crippen MR) is 46.1 cm³/mol. The highest BCUT2D eigenvalue weighted by Crippen LogP contribution is 2.39. The summed E-state index contributed by atoms with van der Waals surface area (Å²) >= 11 is 0. The Hall–Kier alpha value is -1.73. The highest BCUT2D eigenvalue weighted by Gasteiger charge is 2.37. The maximum Gasteiger partial charge on any atom is 0.421 e. The first-order chi connectivity index (χ1) is 7.82. The van der Waals surface area contributed by atoms with Crippen molar-refractivity contribution >= 4 is 6.29 Å². The second kappa shape index (κ2) is 4.64. The van der Waals surface area contributed by atoms with E-state index >= 15 is 0 Å². The fourth-order valence-electron chi connectivity index (χ4n) is 1.23. The first kappa shape index (κ1) is 13.3. The van der Waals surface area contributed by atoms with E-state index < -0.39 is 35.2 Å². The zero-order chi connectivity index (χ0) is 13.2. The second-order valence-corrected chi connectivity index (χ2v) is 2.92. The first-order valence-corrected chi connectivity index (χ1v) is 4.20. The van der Waals surface area contributed by atoms with Gasteiger partial charge in [0.15, 0.2) is 6.29 Å². The fraction of sp³-hybridized carbons (Fsp3) is 0.333. The molecular formula is C9H6F5NO2. The lowest BCUT2D eigenvalue weighted by molar-refractivity contribution is -0.139. The van der Waals surface area contributed by atoms with Gasteiger partial charge in [0.25, 0.3) is 6.43 Å². The number of alkyl halides is 5. The van der Waals surface area contributed by atoms with Crippen molar-refractivity contribution in [3.8, 4) is 5.75 Å². The number of carbonyl (C=O) groups excluding carboxylic acids is 1. The number of nitrogens with zero attached hydrogens (tertiary/aromatic N) is 1. The summed E-state index contributed by atoms with van der Waals surface area (Å²) in [7, 11) is 0.854. The van der Waals surface area contributed by atoms with Crippen LogP contribution in [0.5, 0.6) is 5.75 Å². The lowest BCUT2D eigenvalue weighted by Crippen LogP contribution is -2.12. The topological polar surface area (TPSA) is 39.2 Å². The van der Waals surface area contributed by atoms with Crippen LogP contribution in [0.25, 0.3) is 0 Å². The van der Waals surface area contributed by atoms with Crippen LogP contribution in [-0.4, -0.2) is 18.4 Å². The van der Waals surface area contributed by atoms with Crippen LogP contribution in [0.15, 0.2) is 6.20 Å². The fourth-order valence-corrected chi connectivity index (χ4v) is 1.23. The first-order valence-electron chi connectivity index (χ1n) is 4.20. The van der Waals surface area contributed by atoms with E-state index in [9.17, 15) is 26.7 Å². The number of aldehydes is 1. The molecule has 1 heterocycles. The molecule has 0 saturated carbocycles. The van der Waals surface area contributed by atoms with Gasteiger partial charge in [-0.1, -0.05) is 0 Å². The quantitative estimate of drug-likeness (QED) is 0.615. The second-order valence-electron chi connectivity index (χ2n) is 2.92. The average molecular weight is 255 g/mol. The maximum atomic E-state index is 12.5. The molecular weight excluding hydrogens is 249 g/mol. The SMILES string of the molecule is COc1c(C(F)(F)F)cnc(C(F)F)c1C=O. The Kier molecular flexibility index (Phi) is 3.64. The average Bonchev–Trinajstić information content (AvgIpc) is 2.25. The third-order valence-corrected chi connectivity index (χ3v) is 1.93. The summed E-state index contributed by atoms with van der Waals surface area (Å²) in [6.45, 7) is 0. The van der Waals surface area contributed by atoms with Gasteiger partial charge in [0.2, 0.25) is 0 Å². The Bertz CT molecular complexity index is 430. The van der Waals surface area contributed by atoms with E-state index in [1.54, 1.807) is 0 Å². The van der Waals surface area contributed by atoms with Crippen molar-refractivity contribution in [2.45, 2.75) is 12.6 Å². The normalized spacial score (nSPS) is 11.7. The van der Waals surface area contributed by atoms with Crippen LogP contribution in [-0.2, 0) is 6.18 Å². The van der Waals surface area contributed by atoms with Crippen molar-refractivity contribution in [2.24, 2.45) is 0 Å². The Labute approximate surface area is 92.2 Å². The molecule has 94 valence electrons. The van der Waals surface area contributed by atoms with E-state index in [1.165, 1.54) is 0 Å². The molecule has 1 aromatic heterocycles. The predicted octanol–water partition coefficient (Wildman–Crippen LogP) is 2.86. The number of carbonyl (C=O) groups is 1. The monoisotopic (exact) mass is 255 g/mol. The van der Waals surface area contributed by atoms with Crippen LogP contribution < -0.4 is 4.74 Å². The van der Waals surface area contributed by atoms with Crippen molar-refractivity contribution < 1.29 is 31.5 Å². The molecule has 0 saturated heterocycles. The smallest absolute Gasteiger partial charge is 0.421 e. The maximum absolute atomic E-state index is 12.5. The van der Waals surface area contributed by atoms with Gasteiger partial charge in [-0.3, -0.25) is 9.78 Å². The summed E-state index contributed by atoms with van der Waals surface area (Å²) in [5.74, 6) is -0.946. The molecule has 1 rings (SSSR count). The summed E-state index contributed by atoms with van der Waals surface area (Å²) in [5.41, 5.74) is -3.30. The molecule has 0 atom stereocenters. The number of halogens is 5. The Morgan fingerprint density at radius 3 is 2.35 bits per heavy atom. The number of hydrogen-bond donors (Lipinski definition) is 0. The van der Waals surface area contributed by atoms with E-state index in [-0.39, 0.29) is 12.5 Å². The number of pyridine rings is 1. The van der Waals surface area contributed by atoms with Gasteiger partial charge in [0.05, 0.1) is 12.7 Å². The number of methoxy groups -OCH3 is 1. The van der Waals surface area contributed by atoms with E-state index in [4.69, 9.17) is 0 Å². The highest BCUT2D eigenvalue weighted by atomic mass is 19.4. The minimum Gasteiger partial charge on any atom is -0.495 e. The standard InChI is InChI=1S/C9H6F5NO2/c1-17-7-4(3-16)6(8(10)11)15-2-5(7)9(12,13)14/h2-3,8H,1H3. The van der Waals surface area contributed by atoms with Gasteiger partial charge in [0.1, 0.15) is 17.0 Å². The number of aromatic nitrogens is 1. The molecule has 0 aliphatic carbocycles. The van der Waals surface area contributed by atoms with Crippen LogP contribution in [0.2, 0.25) is 0 Å². The van der Waals surface area contributed by atoms with Crippen LogP contribution in [0.1, 0.15) is 28.0 Å². The molecule has 1 aromatic rings. The molecule has 0 aliphatic rings. The molecule has 0 radical (unpaired) electrons. The number of hydrogen-bond acceptors (Lipinski definition) is 3. The largest absolute Gasteiger partial charge is 0.495 e. The van der Waals surface area contributed by atoms with Crippen molar-refractivity contribution in [1.29, 1.82) is 0 Å². The van der Waals surface area contributed by atoms with E-state index in [2.05, 4.69) is 9.72 Å². The van der Waals surface area contributed by atoms with E-state index in [0.29, 0.717) is 0 Å². The van der Waals surface area contributed by atoms with Gasteiger partial charge < -0.3 is 4.74 Å². The Balaban J connectivity index is 3.54. The van der Waals surface area contributed by atoms with Crippen LogP contribution in [0.4, 0.5) is 22.0 Å². The van der Waals surface area contributed by atoms with Crippen LogP contribution >= 0.6 is 0 Å².